The van der Waals surface area contributed by atoms with E-state index in [1.807, 2.05) is 48.5 Å². The first-order chi connectivity index (χ1) is 17.0. The number of benzene rings is 2. The number of rotatable bonds is 7. The minimum Gasteiger partial charge on any atom is -0.491 e. The predicted octanol–water partition coefficient (Wildman–Crippen LogP) is 1.19. The molecule has 0 saturated carbocycles. The van der Waals surface area contributed by atoms with Crippen LogP contribution in [0.2, 0.25) is 0 Å². The zero-order chi connectivity index (χ0) is 24.4. The highest BCUT2D eigenvalue weighted by Gasteiger charge is 2.26. The standard InChI is InChI=1S/C25H28N6O4/c1-28-22-21(23(33)27-25(28)34)31(16-19(32)17-35-20-10-6-3-7-11-20)24(26-22)30-14-12-29(13-15-30)18-8-4-2-5-9-18/h2-11,19,32H,12-17H2,1H3,(H,27,33,34). The summed E-state index contributed by atoms with van der Waals surface area (Å²) in [6, 6.07) is 19.5. The van der Waals surface area contributed by atoms with Crippen molar-refractivity contribution in [2.75, 3.05) is 42.6 Å². The number of fused-ring (bicyclic) bond motifs is 1. The number of para-hydroxylation sites is 2. The highest BCUT2D eigenvalue weighted by molar-refractivity contribution is 5.74. The van der Waals surface area contributed by atoms with E-state index in [4.69, 9.17) is 4.74 Å². The number of ether oxygens (including phenoxy) is 1. The topological polar surface area (TPSA) is 109 Å². The number of aliphatic hydroxyl groups excluding tert-OH is 1. The maximum absolute atomic E-state index is 12.8. The maximum atomic E-state index is 12.8. The van der Waals surface area contributed by atoms with Crippen LogP contribution in [-0.4, -0.2) is 63.1 Å². The van der Waals surface area contributed by atoms with Gasteiger partial charge in [0.15, 0.2) is 11.2 Å². The first-order valence-electron chi connectivity index (χ1n) is 11.6. The summed E-state index contributed by atoms with van der Waals surface area (Å²) < 4.78 is 8.73. The number of hydrogen-bond acceptors (Lipinski definition) is 7. The fourth-order valence-electron chi connectivity index (χ4n) is 4.41. The van der Waals surface area contributed by atoms with Crippen molar-refractivity contribution < 1.29 is 9.84 Å². The van der Waals surface area contributed by atoms with Crippen molar-refractivity contribution >= 4 is 22.8 Å². The first-order valence-corrected chi connectivity index (χ1v) is 11.6. The van der Waals surface area contributed by atoms with Gasteiger partial charge in [-0.15, -0.1) is 0 Å². The first kappa shape index (κ1) is 22.7. The summed E-state index contributed by atoms with van der Waals surface area (Å²) >= 11 is 0. The number of piperazine rings is 1. The number of aryl methyl sites for hydroxylation is 1. The third-order valence-electron chi connectivity index (χ3n) is 6.25. The summed E-state index contributed by atoms with van der Waals surface area (Å²) in [4.78, 5) is 36.4. The summed E-state index contributed by atoms with van der Waals surface area (Å²) in [6.45, 7) is 3.07. The monoisotopic (exact) mass is 476 g/mol. The number of H-pyrrole nitrogens is 1. The van der Waals surface area contributed by atoms with Gasteiger partial charge in [0.25, 0.3) is 5.56 Å². The molecule has 4 aromatic rings. The smallest absolute Gasteiger partial charge is 0.329 e. The Balaban J connectivity index is 1.42. The zero-order valence-electron chi connectivity index (χ0n) is 19.5. The van der Waals surface area contributed by atoms with Crippen LogP contribution in [0.15, 0.2) is 70.3 Å². The fourth-order valence-corrected chi connectivity index (χ4v) is 4.41. The summed E-state index contributed by atoms with van der Waals surface area (Å²) in [5.41, 5.74) is 0.649. The van der Waals surface area contributed by atoms with Gasteiger partial charge in [0.05, 0.1) is 6.54 Å². The Kier molecular flexibility index (Phi) is 6.28. The molecule has 35 heavy (non-hydrogen) atoms. The molecule has 1 aliphatic heterocycles. The Labute approximate surface area is 201 Å². The second-order valence-corrected chi connectivity index (χ2v) is 8.60. The second kappa shape index (κ2) is 9.67. The molecule has 2 N–H and O–H groups in total. The van der Waals surface area contributed by atoms with Crippen molar-refractivity contribution in [3.63, 3.8) is 0 Å². The van der Waals surface area contributed by atoms with Crippen molar-refractivity contribution in [3.8, 4) is 5.75 Å². The van der Waals surface area contributed by atoms with Crippen molar-refractivity contribution in [2.24, 2.45) is 7.05 Å². The van der Waals surface area contributed by atoms with E-state index in [1.54, 1.807) is 11.6 Å². The van der Waals surface area contributed by atoms with E-state index in [2.05, 4.69) is 31.9 Å². The predicted molar refractivity (Wildman–Crippen MR) is 134 cm³/mol. The summed E-state index contributed by atoms with van der Waals surface area (Å²) in [5, 5.41) is 10.8. The Hall–Kier alpha value is -4.05. The number of aliphatic hydroxyl groups is 1. The average molecular weight is 477 g/mol. The molecule has 0 radical (unpaired) electrons. The molecular weight excluding hydrogens is 448 g/mol. The quantitative estimate of drug-likeness (QED) is 0.412. The molecule has 2 aromatic heterocycles. The van der Waals surface area contributed by atoms with Crippen LogP contribution in [0.3, 0.4) is 0 Å². The molecule has 1 fully saturated rings. The Bertz CT molecular complexity index is 1410. The van der Waals surface area contributed by atoms with Gasteiger partial charge in [-0.2, -0.15) is 4.98 Å². The van der Waals surface area contributed by atoms with Gasteiger partial charge in [-0.3, -0.25) is 14.3 Å². The molecule has 0 amide bonds. The van der Waals surface area contributed by atoms with Crippen LogP contribution >= 0.6 is 0 Å². The molecule has 3 heterocycles. The number of anilines is 2. The minimum atomic E-state index is -0.895. The van der Waals surface area contributed by atoms with Gasteiger partial charge in [-0.05, 0) is 24.3 Å². The van der Waals surface area contributed by atoms with Crippen LogP contribution in [0.1, 0.15) is 0 Å². The van der Waals surface area contributed by atoms with Crippen molar-refractivity contribution in [1.29, 1.82) is 0 Å². The molecule has 5 rings (SSSR count). The van der Waals surface area contributed by atoms with Gasteiger partial charge < -0.3 is 24.2 Å². The third kappa shape index (κ3) is 4.65. The lowest BCUT2D eigenvalue weighted by Crippen LogP contribution is -2.47. The molecule has 0 aliphatic carbocycles. The highest BCUT2D eigenvalue weighted by atomic mass is 16.5. The summed E-state index contributed by atoms with van der Waals surface area (Å²) in [6.07, 6.45) is -0.895. The molecule has 1 atom stereocenters. The van der Waals surface area contributed by atoms with Crippen LogP contribution in [0.5, 0.6) is 5.75 Å². The summed E-state index contributed by atoms with van der Waals surface area (Å²) in [5.74, 6) is 1.21. The second-order valence-electron chi connectivity index (χ2n) is 8.60. The number of nitrogens with one attached hydrogen (secondary N) is 1. The Morgan fingerprint density at radius 2 is 1.60 bits per heavy atom. The number of aromatic nitrogens is 4. The number of aromatic amines is 1. The van der Waals surface area contributed by atoms with Crippen molar-refractivity contribution in [1.82, 2.24) is 19.1 Å². The van der Waals surface area contributed by atoms with E-state index in [0.29, 0.717) is 24.8 Å². The lowest BCUT2D eigenvalue weighted by Gasteiger charge is -2.36. The fraction of sp³-hybridized carbons (Fsp3) is 0.320. The van der Waals surface area contributed by atoms with Crippen molar-refractivity contribution in [2.45, 2.75) is 12.6 Å². The molecule has 0 spiro atoms. The lowest BCUT2D eigenvalue weighted by atomic mass is 10.2. The lowest BCUT2D eigenvalue weighted by molar-refractivity contribution is 0.0936. The van der Waals surface area contributed by atoms with Crippen LogP contribution in [-0.2, 0) is 13.6 Å². The molecule has 1 unspecified atom stereocenters. The average Bonchev–Trinajstić information content (AvgIpc) is 3.27. The highest BCUT2D eigenvalue weighted by Crippen LogP contribution is 2.23. The van der Waals surface area contributed by atoms with Gasteiger partial charge in [-0.25, -0.2) is 4.79 Å². The molecular formula is C25H28N6O4. The van der Waals surface area contributed by atoms with Gasteiger partial charge >= 0.3 is 5.69 Å². The van der Waals surface area contributed by atoms with Crippen LogP contribution in [0.4, 0.5) is 11.6 Å². The van der Waals surface area contributed by atoms with Crippen LogP contribution in [0, 0.1) is 0 Å². The molecule has 1 aliphatic rings. The number of nitrogens with zero attached hydrogens (tertiary/aromatic N) is 5. The van der Waals surface area contributed by atoms with Gasteiger partial charge in [0, 0.05) is 38.9 Å². The van der Waals surface area contributed by atoms with Crippen molar-refractivity contribution in [3.05, 3.63) is 81.5 Å². The van der Waals surface area contributed by atoms with Gasteiger partial charge in [0.2, 0.25) is 5.95 Å². The van der Waals surface area contributed by atoms with Gasteiger partial charge in [0.1, 0.15) is 18.5 Å². The molecule has 10 heteroatoms. The molecule has 10 nitrogen and oxygen atoms in total. The molecule has 182 valence electrons. The number of imidazole rings is 1. The van der Waals surface area contributed by atoms with E-state index in [0.717, 1.165) is 18.8 Å². The van der Waals surface area contributed by atoms with E-state index in [9.17, 15) is 14.7 Å². The number of hydrogen-bond donors (Lipinski definition) is 2. The molecule has 1 saturated heterocycles. The normalized spacial score (nSPS) is 14.9. The van der Waals surface area contributed by atoms with Gasteiger partial charge in [-0.1, -0.05) is 36.4 Å². The largest absolute Gasteiger partial charge is 0.491 e. The zero-order valence-corrected chi connectivity index (χ0v) is 19.5. The van der Waals surface area contributed by atoms with Crippen LogP contribution < -0.4 is 25.8 Å². The molecule has 2 aromatic carbocycles. The Morgan fingerprint density at radius 1 is 0.971 bits per heavy atom. The van der Waals surface area contributed by atoms with E-state index < -0.39 is 17.4 Å². The summed E-state index contributed by atoms with van der Waals surface area (Å²) in [7, 11) is 1.57. The maximum Gasteiger partial charge on any atom is 0.329 e. The van der Waals surface area contributed by atoms with E-state index in [-0.39, 0.29) is 24.3 Å². The third-order valence-corrected chi connectivity index (χ3v) is 6.25. The Morgan fingerprint density at radius 3 is 2.29 bits per heavy atom. The minimum absolute atomic E-state index is 0.0502. The SMILES string of the molecule is Cn1c(=O)[nH]c(=O)c2c1nc(N1CCN(c3ccccc3)CC1)n2CC(O)COc1ccccc1. The van der Waals surface area contributed by atoms with E-state index in [1.165, 1.54) is 4.57 Å². The van der Waals surface area contributed by atoms with Crippen LogP contribution in [0.25, 0.3) is 11.2 Å². The molecule has 0 bridgehead atoms. The van der Waals surface area contributed by atoms with E-state index >= 15 is 0 Å².